The van der Waals surface area contributed by atoms with Crippen molar-refractivity contribution in [2.75, 3.05) is 6.54 Å². The third kappa shape index (κ3) is 4.32. The van der Waals surface area contributed by atoms with Gasteiger partial charge in [0.15, 0.2) is 0 Å². The second-order valence-electron chi connectivity index (χ2n) is 8.02. The van der Waals surface area contributed by atoms with Crippen LogP contribution in [0.3, 0.4) is 0 Å². The topological polar surface area (TPSA) is 12.0 Å². The maximum Gasteiger partial charge on any atom is 0.00682 e. The van der Waals surface area contributed by atoms with Crippen molar-refractivity contribution in [2.45, 2.75) is 84.1 Å². The predicted molar refractivity (Wildman–Crippen MR) is 93.3 cm³/mol. The molecule has 0 heterocycles. The lowest BCUT2D eigenvalue weighted by molar-refractivity contribution is 0.450. The Balaban J connectivity index is 2.18. The second-order valence-corrected chi connectivity index (χ2v) is 8.02. The Morgan fingerprint density at radius 1 is 1.10 bits per heavy atom. The van der Waals surface area contributed by atoms with E-state index in [1.165, 1.54) is 30.4 Å². The first-order chi connectivity index (χ1) is 9.81. The summed E-state index contributed by atoms with van der Waals surface area (Å²) in [4.78, 5) is 0. The molecular weight excluding hydrogens is 254 g/mol. The summed E-state index contributed by atoms with van der Waals surface area (Å²) in [6.45, 7) is 15.1. The van der Waals surface area contributed by atoms with Crippen LogP contribution < -0.4 is 5.32 Å². The second kappa shape index (κ2) is 6.52. The van der Waals surface area contributed by atoms with E-state index in [4.69, 9.17) is 0 Å². The fraction of sp³-hybridized carbons (Fsp3) is 0.700. The lowest BCUT2D eigenvalue weighted by Crippen LogP contribution is -2.27. The molecule has 1 nitrogen and oxygen atoms in total. The Labute approximate surface area is 131 Å². The lowest BCUT2D eigenvalue weighted by Gasteiger charge is -2.30. The van der Waals surface area contributed by atoms with E-state index in [0.29, 0.717) is 11.8 Å². The van der Waals surface area contributed by atoms with E-state index in [-0.39, 0.29) is 5.41 Å². The van der Waals surface area contributed by atoms with Gasteiger partial charge in [-0.2, -0.15) is 0 Å². The molecule has 21 heavy (non-hydrogen) atoms. The fourth-order valence-corrected chi connectivity index (χ4v) is 3.05. The number of hydrogen-bond acceptors (Lipinski definition) is 1. The summed E-state index contributed by atoms with van der Waals surface area (Å²) in [6, 6.07) is 7.98. The molecule has 0 unspecified atom stereocenters. The number of rotatable bonds is 7. The highest BCUT2D eigenvalue weighted by atomic mass is 14.9. The zero-order valence-corrected chi connectivity index (χ0v) is 14.8. The van der Waals surface area contributed by atoms with Crippen LogP contribution in [-0.4, -0.2) is 12.6 Å². The first kappa shape index (κ1) is 16.5. The van der Waals surface area contributed by atoms with Gasteiger partial charge in [0.2, 0.25) is 0 Å². The van der Waals surface area contributed by atoms with Crippen molar-refractivity contribution in [3.05, 3.63) is 34.9 Å². The SMILES string of the molecule is CC(C)c1ccc(C(C)(C)CCNC2CC2)c(C(C)C)c1. The normalized spacial score (nSPS) is 16.0. The maximum atomic E-state index is 3.66. The van der Waals surface area contributed by atoms with Crippen LogP contribution in [0.5, 0.6) is 0 Å². The Morgan fingerprint density at radius 2 is 1.76 bits per heavy atom. The fourth-order valence-electron chi connectivity index (χ4n) is 3.05. The lowest BCUT2D eigenvalue weighted by atomic mass is 9.76. The van der Waals surface area contributed by atoms with Gasteiger partial charge in [-0.05, 0) is 59.7 Å². The van der Waals surface area contributed by atoms with E-state index >= 15 is 0 Å². The van der Waals surface area contributed by atoms with Gasteiger partial charge < -0.3 is 5.32 Å². The zero-order chi connectivity index (χ0) is 15.6. The standard InChI is InChI=1S/C20H33N/c1-14(2)16-7-10-19(18(13-16)15(3)4)20(5,6)11-12-21-17-8-9-17/h7,10,13-15,17,21H,8-9,11-12H2,1-6H3. The van der Waals surface area contributed by atoms with Crippen LogP contribution in [0, 0.1) is 0 Å². The molecule has 0 radical (unpaired) electrons. The average molecular weight is 287 g/mol. The molecule has 0 atom stereocenters. The summed E-state index contributed by atoms with van der Waals surface area (Å²) in [5.41, 5.74) is 4.79. The summed E-state index contributed by atoms with van der Waals surface area (Å²) in [6.07, 6.45) is 3.96. The Morgan fingerprint density at radius 3 is 2.29 bits per heavy atom. The molecule has 118 valence electrons. The molecule has 1 heteroatoms. The van der Waals surface area contributed by atoms with E-state index < -0.39 is 0 Å². The first-order valence-electron chi connectivity index (χ1n) is 8.69. The van der Waals surface area contributed by atoms with E-state index in [2.05, 4.69) is 65.1 Å². The molecule has 0 spiro atoms. The molecule has 0 saturated heterocycles. The van der Waals surface area contributed by atoms with Crippen LogP contribution in [0.2, 0.25) is 0 Å². The van der Waals surface area contributed by atoms with Crippen LogP contribution >= 0.6 is 0 Å². The van der Waals surface area contributed by atoms with E-state index in [1.54, 1.807) is 5.56 Å². The third-order valence-corrected chi connectivity index (χ3v) is 4.85. The molecular formula is C20H33N. The van der Waals surface area contributed by atoms with Gasteiger partial charge in [0.1, 0.15) is 0 Å². The van der Waals surface area contributed by atoms with Gasteiger partial charge in [-0.15, -0.1) is 0 Å². The molecule has 0 bridgehead atoms. The van der Waals surface area contributed by atoms with E-state index in [1.807, 2.05) is 0 Å². The minimum atomic E-state index is 0.247. The van der Waals surface area contributed by atoms with Crippen LogP contribution in [0.15, 0.2) is 18.2 Å². The van der Waals surface area contributed by atoms with Gasteiger partial charge in [-0.1, -0.05) is 59.7 Å². The third-order valence-electron chi connectivity index (χ3n) is 4.85. The number of hydrogen-bond donors (Lipinski definition) is 1. The van der Waals surface area contributed by atoms with Gasteiger partial charge in [-0.25, -0.2) is 0 Å². The summed E-state index contributed by atoms with van der Waals surface area (Å²) in [7, 11) is 0. The van der Waals surface area contributed by atoms with Crippen molar-refractivity contribution >= 4 is 0 Å². The molecule has 1 fully saturated rings. The van der Waals surface area contributed by atoms with E-state index in [9.17, 15) is 0 Å². The largest absolute Gasteiger partial charge is 0.314 e. The molecule has 0 aliphatic heterocycles. The van der Waals surface area contributed by atoms with Crippen LogP contribution in [0.1, 0.15) is 89.3 Å². The van der Waals surface area contributed by atoms with Gasteiger partial charge in [-0.3, -0.25) is 0 Å². The highest BCUT2D eigenvalue weighted by molar-refractivity contribution is 5.39. The van der Waals surface area contributed by atoms with Gasteiger partial charge >= 0.3 is 0 Å². The quantitative estimate of drug-likeness (QED) is 0.712. The van der Waals surface area contributed by atoms with Crippen LogP contribution in [0.4, 0.5) is 0 Å². The van der Waals surface area contributed by atoms with Crippen molar-refractivity contribution in [3.8, 4) is 0 Å². The first-order valence-corrected chi connectivity index (χ1v) is 8.69. The predicted octanol–water partition coefficient (Wildman–Crippen LogP) is 5.35. The highest BCUT2D eigenvalue weighted by Gasteiger charge is 2.26. The van der Waals surface area contributed by atoms with Crippen molar-refractivity contribution in [1.29, 1.82) is 0 Å². The molecule has 1 aromatic carbocycles. The van der Waals surface area contributed by atoms with Crippen LogP contribution in [-0.2, 0) is 5.41 Å². The zero-order valence-electron chi connectivity index (χ0n) is 14.8. The van der Waals surface area contributed by atoms with Gasteiger partial charge in [0, 0.05) is 6.04 Å². The monoisotopic (exact) mass is 287 g/mol. The van der Waals surface area contributed by atoms with Gasteiger partial charge in [0.25, 0.3) is 0 Å². The maximum absolute atomic E-state index is 3.66. The highest BCUT2D eigenvalue weighted by Crippen LogP contribution is 2.35. The molecule has 1 N–H and O–H groups in total. The van der Waals surface area contributed by atoms with Gasteiger partial charge in [0.05, 0.1) is 0 Å². The van der Waals surface area contributed by atoms with Crippen molar-refractivity contribution in [1.82, 2.24) is 5.32 Å². The molecule has 1 aromatic rings. The summed E-state index contributed by atoms with van der Waals surface area (Å²) < 4.78 is 0. The summed E-state index contributed by atoms with van der Waals surface area (Å²) in [5, 5.41) is 3.66. The summed E-state index contributed by atoms with van der Waals surface area (Å²) in [5.74, 6) is 1.20. The molecule has 2 rings (SSSR count). The molecule has 0 aromatic heterocycles. The Hall–Kier alpha value is -0.820. The number of nitrogens with one attached hydrogen (secondary N) is 1. The molecule has 0 amide bonds. The Kier molecular flexibility index (Phi) is 5.14. The number of benzene rings is 1. The smallest absolute Gasteiger partial charge is 0.00682 e. The molecule has 1 aliphatic carbocycles. The Bertz CT molecular complexity index is 467. The van der Waals surface area contributed by atoms with E-state index in [0.717, 1.165) is 12.6 Å². The van der Waals surface area contributed by atoms with Crippen LogP contribution in [0.25, 0.3) is 0 Å². The van der Waals surface area contributed by atoms with Crippen molar-refractivity contribution < 1.29 is 0 Å². The average Bonchev–Trinajstić information content (AvgIpc) is 3.21. The summed E-state index contributed by atoms with van der Waals surface area (Å²) >= 11 is 0. The minimum Gasteiger partial charge on any atom is -0.314 e. The molecule has 1 aliphatic rings. The minimum absolute atomic E-state index is 0.247. The van der Waals surface area contributed by atoms with Crippen molar-refractivity contribution in [2.24, 2.45) is 0 Å². The molecule has 1 saturated carbocycles. The van der Waals surface area contributed by atoms with Crippen molar-refractivity contribution in [3.63, 3.8) is 0 Å².